The average molecular weight is 146 g/mol. The molecule has 0 aromatic heterocycles. The third-order valence-corrected chi connectivity index (χ3v) is 2.97. The van der Waals surface area contributed by atoms with Gasteiger partial charge in [-0.15, -0.1) is 0 Å². The van der Waals surface area contributed by atoms with Crippen molar-refractivity contribution in [1.29, 1.82) is 0 Å². The van der Waals surface area contributed by atoms with Crippen LogP contribution in [0.3, 0.4) is 0 Å². The van der Waals surface area contributed by atoms with Crippen LogP contribution < -0.4 is 0 Å². The van der Waals surface area contributed by atoms with E-state index >= 15 is 0 Å². The lowest BCUT2D eigenvalue weighted by atomic mass is 10.1. The van der Waals surface area contributed by atoms with Gasteiger partial charge in [0.2, 0.25) is 0 Å². The van der Waals surface area contributed by atoms with E-state index in [1.165, 1.54) is 0 Å². The first-order valence-corrected chi connectivity index (χ1v) is 4.24. The Hall–Kier alpha value is -0.780. The first-order valence-electron chi connectivity index (χ1n) is 4.24. The van der Waals surface area contributed by atoms with Crippen molar-refractivity contribution < 1.29 is 0 Å². The maximum atomic E-state index is 2.34. The molecule has 0 heterocycles. The molecule has 0 spiro atoms. The molecule has 11 heavy (non-hydrogen) atoms. The third kappa shape index (κ3) is 0.973. The predicted octanol–water partition coefficient (Wildman–Crippen LogP) is 2.94. The molecule has 58 valence electrons. The first-order chi connectivity index (χ1) is 5.23. The van der Waals surface area contributed by atoms with Crippen LogP contribution in [-0.4, -0.2) is 0 Å². The Morgan fingerprint density at radius 1 is 0.818 bits per heavy atom. The van der Waals surface area contributed by atoms with E-state index in [2.05, 4.69) is 50.3 Å². The van der Waals surface area contributed by atoms with Gasteiger partial charge in [-0.3, -0.25) is 0 Å². The van der Waals surface area contributed by atoms with Crippen LogP contribution in [0, 0.1) is 17.3 Å². The Balaban J connectivity index is 2.25. The van der Waals surface area contributed by atoms with Gasteiger partial charge >= 0.3 is 0 Å². The second-order valence-electron chi connectivity index (χ2n) is 4.03. The molecule has 0 radical (unpaired) electrons. The predicted molar refractivity (Wildman–Crippen MR) is 48.2 cm³/mol. The average Bonchev–Trinajstić information content (AvgIpc) is 2.29. The fraction of sp³-hybridized carbons (Fsp3) is 0.455. The van der Waals surface area contributed by atoms with E-state index in [4.69, 9.17) is 0 Å². The van der Waals surface area contributed by atoms with Crippen LogP contribution >= 0.6 is 0 Å². The van der Waals surface area contributed by atoms with Crippen molar-refractivity contribution in [2.24, 2.45) is 17.3 Å². The second kappa shape index (κ2) is 2.10. The number of hydrogen-bond donors (Lipinski definition) is 0. The Bertz CT molecular complexity index is 217. The summed E-state index contributed by atoms with van der Waals surface area (Å²) in [6.45, 7) is 4.67. The Morgan fingerprint density at radius 3 is 1.73 bits per heavy atom. The quantitative estimate of drug-likeness (QED) is 0.493. The summed E-state index contributed by atoms with van der Waals surface area (Å²) in [5, 5.41) is 0. The van der Waals surface area contributed by atoms with Gasteiger partial charge in [-0.05, 0) is 17.3 Å². The molecule has 0 saturated heterocycles. The minimum Gasteiger partial charge on any atom is -0.0803 e. The van der Waals surface area contributed by atoms with Crippen molar-refractivity contribution in [3.63, 3.8) is 0 Å². The Kier molecular flexibility index (Phi) is 1.32. The molecule has 2 aliphatic rings. The number of hydrogen-bond acceptors (Lipinski definition) is 0. The summed E-state index contributed by atoms with van der Waals surface area (Å²) in [5.74, 6) is 1.56. The summed E-state index contributed by atoms with van der Waals surface area (Å²) < 4.78 is 0. The van der Waals surface area contributed by atoms with Crippen molar-refractivity contribution in [3.8, 4) is 0 Å². The van der Waals surface area contributed by atoms with Gasteiger partial charge in [0.05, 0.1) is 0 Å². The molecular formula is C11H14. The lowest BCUT2D eigenvalue weighted by molar-refractivity contribution is 0.586. The lowest BCUT2D eigenvalue weighted by Crippen LogP contribution is -1.87. The van der Waals surface area contributed by atoms with E-state index in [9.17, 15) is 0 Å². The highest BCUT2D eigenvalue weighted by molar-refractivity contribution is 5.27. The molecule has 1 saturated carbocycles. The zero-order chi connectivity index (χ0) is 7.90. The highest BCUT2D eigenvalue weighted by Crippen LogP contribution is 2.59. The first kappa shape index (κ1) is 6.90. The molecule has 0 aliphatic heterocycles. The molecule has 0 amide bonds. The van der Waals surface area contributed by atoms with E-state index < -0.39 is 0 Å². The maximum Gasteiger partial charge on any atom is -0.0105 e. The SMILES string of the molecule is CC1(C)[C@H]2C=CC=CC=C[C@@H]21. The van der Waals surface area contributed by atoms with Crippen molar-refractivity contribution in [2.75, 3.05) is 0 Å². The van der Waals surface area contributed by atoms with Gasteiger partial charge in [-0.2, -0.15) is 0 Å². The molecule has 0 bridgehead atoms. The van der Waals surface area contributed by atoms with E-state index in [-0.39, 0.29) is 0 Å². The maximum absolute atomic E-state index is 2.34. The van der Waals surface area contributed by atoms with Crippen LogP contribution in [0.25, 0.3) is 0 Å². The van der Waals surface area contributed by atoms with Gasteiger partial charge < -0.3 is 0 Å². The van der Waals surface area contributed by atoms with Gasteiger partial charge in [-0.25, -0.2) is 0 Å². The summed E-state index contributed by atoms with van der Waals surface area (Å²) in [6.07, 6.45) is 13.2. The zero-order valence-electron chi connectivity index (χ0n) is 7.12. The zero-order valence-corrected chi connectivity index (χ0v) is 7.12. The van der Waals surface area contributed by atoms with Gasteiger partial charge in [0.25, 0.3) is 0 Å². The highest BCUT2D eigenvalue weighted by atomic mass is 14.6. The lowest BCUT2D eigenvalue weighted by Gasteiger charge is -1.95. The number of fused-ring (bicyclic) bond motifs is 1. The largest absolute Gasteiger partial charge is 0.0803 e. The minimum atomic E-state index is 0.513. The van der Waals surface area contributed by atoms with Crippen molar-refractivity contribution in [3.05, 3.63) is 36.5 Å². The minimum absolute atomic E-state index is 0.513. The summed E-state index contributed by atoms with van der Waals surface area (Å²) in [7, 11) is 0. The molecule has 0 nitrogen and oxygen atoms in total. The van der Waals surface area contributed by atoms with E-state index in [0.29, 0.717) is 5.41 Å². The van der Waals surface area contributed by atoms with Crippen LogP contribution in [0.2, 0.25) is 0 Å². The van der Waals surface area contributed by atoms with E-state index in [0.717, 1.165) is 11.8 Å². The molecular weight excluding hydrogens is 132 g/mol. The molecule has 2 atom stereocenters. The molecule has 0 aromatic carbocycles. The summed E-state index contributed by atoms with van der Waals surface area (Å²) in [5.41, 5.74) is 0.513. The van der Waals surface area contributed by atoms with Gasteiger partial charge in [0.15, 0.2) is 0 Å². The van der Waals surface area contributed by atoms with Gasteiger partial charge in [-0.1, -0.05) is 50.3 Å². The van der Waals surface area contributed by atoms with Crippen LogP contribution in [0.4, 0.5) is 0 Å². The topological polar surface area (TPSA) is 0 Å². The van der Waals surface area contributed by atoms with Gasteiger partial charge in [0, 0.05) is 0 Å². The molecule has 2 aliphatic carbocycles. The van der Waals surface area contributed by atoms with Crippen molar-refractivity contribution in [1.82, 2.24) is 0 Å². The fourth-order valence-electron chi connectivity index (χ4n) is 1.95. The molecule has 2 rings (SSSR count). The molecule has 0 aromatic rings. The van der Waals surface area contributed by atoms with Gasteiger partial charge in [0.1, 0.15) is 0 Å². The van der Waals surface area contributed by atoms with E-state index in [1.807, 2.05) is 0 Å². The second-order valence-corrected chi connectivity index (χ2v) is 4.03. The summed E-state index contributed by atoms with van der Waals surface area (Å²) in [6, 6.07) is 0. The molecule has 1 fully saturated rings. The molecule has 0 unspecified atom stereocenters. The van der Waals surface area contributed by atoms with Crippen LogP contribution in [0.1, 0.15) is 13.8 Å². The van der Waals surface area contributed by atoms with Crippen LogP contribution in [-0.2, 0) is 0 Å². The fourth-order valence-corrected chi connectivity index (χ4v) is 1.95. The van der Waals surface area contributed by atoms with Crippen LogP contribution in [0.5, 0.6) is 0 Å². The molecule has 0 N–H and O–H groups in total. The van der Waals surface area contributed by atoms with E-state index in [1.54, 1.807) is 0 Å². The van der Waals surface area contributed by atoms with Crippen molar-refractivity contribution >= 4 is 0 Å². The number of rotatable bonds is 0. The normalized spacial score (nSPS) is 37.6. The summed E-state index contributed by atoms with van der Waals surface area (Å²) >= 11 is 0. The Labute approximate surface area is 68.3 Å². The van der Waals surface area contributed by atoms with Crippen molar-refractivity contribution in [2.45, 2.75) is 13.8 Å². The monoisotopic (exact) mass is 146 g/mol. The smallest absolute Gasteiger partial charge is 0.0105 e. The third-order valence-electron chi connectivity index (χ3n) is 2.97. The highest BCUT2D eigenvalue weighted by Gasteiger charge is 2.54. The standard InChI is InChI=1S/C11H14/c1-11(2)9-7-5-3-4-6-8-10(9)11/h3-10H,1-2H3/t9-,10-/m0/s1. The summed E-state index contributed by atoms with van der Waals surface area (Å²) in [4.78, 5) is 0. The van der Waals surface area contributed by atoms with Crippen LogP contribution in [0.15, 0.2) is 36.5 Å². The Morgan fingerprint density at radius 2 is 1.27 bits per heavy atom. The molecule has 0 heteroatoms. The number of allylic oxidation sites excluding steroid dienone is 6.